The topological polar surface area (TPSA) is 62.2 Å². The van der Waals surface area contributed by atoms with Gasteiger partial charge in [-0.1, -0.05) is 0 Å². The molecule has 1 aromatic heterocycles. The van der Waals surface area contributed by atoms with E-state index in [1.54, 1.807) is 18.3 Å². The molecule has 0 spiro atoms. The van der Waals surface area contributed by atoms with E-state index in [4.69, 9.17) is 0 Å². The Bertz CT molecular complexity index is 549. The molecule has 94 valence electrons. The minimum Gasteiger partial charge on any atom is -0.506 e. The number of carbonyl (C=O) groups excluding carboxylic acids is 1. The lowest BCUT2D eigenvalue weighted by atomic mass is 10.2. The highest BCUT2D eigenvalue weighted by Gasteiger charge is 2.11. The standard InChI is InChI=1S/C11H8Br2N2O2S/c12-7-3-6(4-8(13)10(7)16)11(17)15-5-9-14-1-2-18-9/h1-4,16H,5H2,(H,15,17). The van der Waals surface area contributed by atoms with E-state index in [0.29, 0.717) is 21.1 Å². The number of phenolic OH excluding ortho intramolecular Hbond substituents is 1. The van der Waals surface area contributed by atoms with Gasteiger partial charge in [0.2, 0.25) is 0 Å². The Hall–Kier alpha value is -0.920. The Morgan fingerprint density at radius 1 is 1.39 bits per heavy atom. The minimum absolute atomic E-state index is 0.0754. The molecule has 2 rings (SSSR count). The molecule has 2 aromatic rings. The fraction of sp³-hybridized carbons (Fsp3) is 0.0909. The summed E-state index contributed by atoms with van der Waals surface area (Å²) in [5.74, 6) is -0.141. The van der Waals surface area contributed by atoms with Crippen molar-refractivity contribution in [3.05, 3.63) is 43.2 Å². The summed E-state index contributed by atoms with van der Waals surface area (Å²) in [6, 6.07) is 3.13. The van der Waals surface area contributed by atoms with Gasteiger partial charge in [0, 0.05) is 17.1 Å². The van der Waals surface area contributed by atoms with E-state index in [1.165, 1.54) is 11.3 Å². The van der Waals surface area contributed by atoms with Gasteiger partial charge >= 0.3 is 0 Å². The van der Waals surface area contributed by atoms with Crippen LogP contribution in [0.2, 0.25) is 0 Å². The van der Waals surface area contributed by atoms with Crippen LogP contribution in [0.25, 0.3) is 0 Å². The van der Waals surface area contributed by atoms with Gasteiger partial charge in [-0.25, -0.2) is 4.98 Å². The maximum absolute atomic E-state index is 11.9. The molecular formula is C11H8Br2N2O2S. The van der Waals surface area contributed by atoms with Gasteiger partial charge in [-0.15, -0.1) is 11.3 Å². The van der Waals surface area contributed by atoms with Gasteiger partial charge in [0.15, 0.2) is 0 Å². The van der Waals surface area contributed by atoms with E-state index < -0.39 is 0 Å². The third-order valence-corrected chi connectivity index (χ3v) is 4.15. The van der Waals surface area contributed by atoms with E-state index >= 15 is 0 Å². The largest absolute Gasteiger partial charge is 0.506 e. The number of rotatable bonds is 3. The molecule has 0 saturated heterocycles. The summed E-state index contributed by atoms with van der Waals surface area (Å²) in [6.07, 6.45) is 1.69. The fourth-order valence-electron chi connectivity index (χ4n) is 1.29. The zero-order valence-electron chi connectivity index (χ0n) is 8.98. The number of aromatic hydroxyl groups is 1. The molecule has 0 unspecified atom stereocenters. The number of aromatic nitrogens is 1. The smallest absolute Gasteiger partial charge is 0.251 e. The van der Waals surface area contributed by atoms with Crippen LogP contribution in [0.5, 0.6) is 5.75 Å². The van der Waals surface area contributed by atoms with E-state index in [2.05, 4.69) is 42.2 Å². The number of phenols is 1. The first kappa shape index (κ1) is 13.5. The molecule has 0 saturated carbocycles. The number of thiazole rings is 1. The Labute approximate surface area is 124 Å². The Balaban J connectivity index is 2.09. The van der Waals surface area contributed by atoms with Crippen molar-refractivity contribution >= 4 is 49.1 Å². The highest BCUT2D eigenvalue weighted by Crippen LogP contribution is 2.33. The maximum atomic E-state index is 11.9. The third-order valence-electron chi connectivity index (χ3n) is 2.16. The average molecular weight is 392 g/mol. The van der Waals surface area contributed by atoms with Gasteiger partial charge < -0.3 is 10.4 Å². The Morgan fingerprint density at radius 2 is 2.06 bits per heavy atom. The van der Waals surface area contributed by atoms with Crippen molar-refractivity contribution < 1.29 is 9.90 Å². The molecule has 1 heterocycles. The van der Waals surface area contributed by atoms with Crippen molar-refractivity contribution in [2.75, 3.05) is 0 Å². The maximum Gasteiger partial charge on any atom is 0.251 e. The van der Waals surface area contributed by atoms with Crippen LogP contribution in [0.3, 0.4) is 0 Å². The minimum atomic E-state index is -0.216. The van der Waals surface area contributed by atoms with Crippen molar-refractivity contribution in [1.29, 1.82) is 0 Å². The quantitative estimate of drug-likeness (QED) is 0.843. The van der Waals surface area contributed by atoms with Gasteiger partial charge in [-0.2, -0.15) is 0 Å². The van der Waals surface area contributed by atoms with Crippen molar-refractivity contribution in [2.45, 2.75) is 6.54 Å². The van der Waals surface area contributed by atoms with Gasteiger partial charge in [0.25, 0.3) is 5.91 Å². The highest BCUT2D eigenvalue weighted by atomic mass is 79.9. The van der Waals surface area contributed by atoms with Crippen molar-refractivity contribution in [2.24, 2.45) is 0 Å². The van der Waals surface area contributed by atoms with Crippen molar-refractivity contribution in [3.63, 3.8) is 0 Å². The molecule has 0 aliphatic carbocycles. The molecule has 0 aliphatic heterocycles. The normalized spacial score (nSPS) is 10.3. The first-order valence-corrected chi connectivity index (χ1v) is 7.39. The predicted molar refractivity (Wildman–Crippen MR) is 76.8 cm³/mol. The summed E-state index contributed by atoms with van der Waals surface area (Å²) in [4.78, 5) is 16.0. The second-order valence-corrected chi connectivity index (χ2v) is 6.08. The number of amides is 1. The highest BCUT2D eigenvalue weighted by molar-refractivity contribution is 9.11. The van der Waals surface area contributed by atoms with E-state index in [-0.39, 0.29) is 11.7 Å². The number of nitrogens with zero attached hydrogens (tertiary/aromatic N) is 1. The van der Waals surface area contributed by atoms with Crippen molar-refractivity contribution in [1.82, 2.24) is 10.3 Å². The van der Waals surface area contributed by atoms with Crippen LogP contribution in [-0.4, -0.2) is 16.0 Å². The molecule has 4 nitrogen and oxygen atoms in total. The van der Waals surface area contributed by atoms with Gasteiger partial charge in [0.1, 0.15) is 10.8 Å². The summed E-state index contributed by atoms with van der Waals surface area (Å²) < 4.78 is 0.938. The average Bonchev–Trinajstić information content (AvgIpc) is 2.85. The number of hydrogen-bond donors (Lipinski definition) is 2. The first-order valence-electron chi connectivity index (χ1n) is 4.92. The molecule has 0 atom stereocenters. The molecule has 1 amide bonds. The second-order valence-electron chi connectivity index (χ2n) is 3.40. The van der Waals surface area contributed by atoms with Gasteiger partial charge in [-0.05, 0) is 44.0 Å². The summed E-state index contributed by atoms with van der Waals surface area (Å²) in [7, 11) is 0. The van der Waals surface area contributed by atoms with Crippen LogP contribution < -0.4 is 5.32 Å². The lowest BCUT2D eigenvalue weighted by Gasteiger charge is -2.06. The number of halogens is 2. The molecule has 2 N–H and O–H groups in total. The van der Waals surface area contributed by atoms with E-state index in [0.717, 1.165) is 5.01 Å². The number of carbonyl (C=O) groups is 1. The molecule has 0 fully saturated rings. The van der Waals surface area contributed by atoms with Crippen molar-refractivity contribution in [3.8, 4) is 5.75 Å². The first-order chi connectivity index (χ1) is 8.58. The number of hydrogen-bond acceptors (Lipinski definition) is 4. The number of benzene rings is 1. The van der Waals surface area contributed by atoms with Crippen LogP contribution in [0.15, 0.2) is 32.7 Å². The molecule has 1 aromatic carbocycles. The SMILES string of the molecule is O=C(NCc1nccs1)c1cc(Br)c(O)c(Br)c1. The lowest BCUT2D eigenvalue weighted by molar-refractivity contribution is 0.0950. The lowest BCUT2D eigenvalue weighted by Crippen LogP contribution is -2.22. The van der Waals surface area contributed by atoms with Gasteiger partial charge in [0.05, 0.1) is 15.5 Å². The molecule has 7 heteroatoms. The van der Waals surface area contributed by atoms with Crippen LogP contribution in [0.1, 0.15) is 15.4 Å². The molecule has 0 radical (unpaired) electrons. The third kappa shape index (κ3) is 3.09. The van der Waals surface area contributed by atoms with E-state index in [9.17, 15) is 9.90 Å². The van der Waals surface area contributed by atoms with E-state index in [1.807, 2.05) is 5.38 Å². The molecule has 0 bridgehead atoms. The second kappa shape index (κ2) is 5.81. The predicted octanol–water partition coefficient (Wildman–Crippen LogP) is 3.30. The molecule has 18 heavy (non-hydrogen) atoms. The summed E-state index contributed by atoms with van der Waals surface area (Å²) in [6.45, 7) is 0.395. The monoisotopic (exact) mass is 390 g/mol. The summed E-state index contributed by atoms with van der Waals surface area (Å²) in [5.41, 5.74) is 0.461. The fourth-order valence-corrected chi connectivity index (χ4v) is 3.04. The number of nitrogens with one attached hydrogen (secondary N) is 1. The molecular weight excluding hydrogens is 384 g/mol. The summed E-state index contributed by atoms with van der Waals surface area (Å²) >= 11 is 7.85. The van der Waals surface area contributed by atoms with Gasteiger partial charge in [-0.3, -0.25) is 4.79 Å². The zero-order chi connectivity index (χ0) is 13.1. The van der Waals surface area contributed by atoms with Crippen LogP contribution in [0, 0.1) is 0 Å². The van der Waals surface area contributed by atoms with Crippen LogP contribution in [-0.2, 0) is 6.54 Å². The van der Waals surface area contributed by atoms with Crippen LogP contribution in [0.4, 0.5) is 0 Å². The zero-order valence-corrected chi connectivity index (χ0v) is 13.0. The Morgan fingerprint density at radius 3 is 2.61 bits per heavy atom. The Kier molecular flexibility index (Phi) is 4.36. The summed E-state index contributed by atoms with van der Waals surface area (Å²) in [5, 5.41) is 15.0. The molecule has 0 aliphatic rings. The van der Waals surface area contributed by atoms with Crippen LogP contribution >= 0.6 is 43.2 Å².